The van der Waals surface area contributed by atoms with Crippen molar-refractivity contribution >= 4 is 11.8 Å². The molecule has 0 radical (unpaired) electrons. The molecule has 2 aromatic rings. The summed E-state index contributed by atoms with van der Waals surface area (Å²) in [6, 6.07) is 0. The van der Waals surface area contributed by atoms with Crippen LogP contribution in [0.15, 0.2) is 0 Å². The third-order valence-electron chi connectivity index (χ3n) is 5.98. The zero-order valence-corrected chi connectivity index (χ0v) is 22.7. The van der Waals surface area contributed by atoms with Crippen molar-refractivity contribution in [1.82, 2.24) is 41.2 Å². The predicted octanol–water partition coefficient (Wildman–Crippen LogP) is 2.02. The molecule has 4 N–H and O–H groups in total. The van der Waals surface area contributed by atoms with Crippen LogP contribution in [0.3, 0.4) is 0 Å². The molecule has 0 unspecified atom stereocenters. The molecule has 2 amide bonds. The van der Waals surface area contributed by atoms with E-state index in [0.717, 1.165) is 74.6 Å². The Morgan fingerprint density at radius 3 is 1.19 bits per heavy atom. The number of aromatic nitrogens is 4. The fraction of sp³-hybridized carbons (Fsp3) is 0.615. The molecule has 2 rings (SSSR count). The highest BCUT2D eigenvalue weighted by Gasteiger charge is 2.14. The van der Waals surface area contributed by atoms with Gasteiger partial charge in [0, 0.05) is 13.1 Å². The molecule has 2 heterocycles. The first kappa shape index (κ1) is 29.3. The van der Waals surface area contributed by atoms with Gasteiger partial charge in [-0.25, -0.2) is 9.97 Å². The highest BCUT2D eigenvalue weighted by molar-refractivity contribution is 5.93. The molecule has 0 aliphatic heterocycles. The number of unbranched alkanes of at least 4 members (excludes halogenated alkanes) is 1. The van der Waals surface area contributed by atoms with Crippen molar-refractivity contribution in [2.45, 2.75) is 67.2 Å². The third-order valence-corrected chi connectivity index (χ3v) is 5.98. The molecule has 0 aromatic carbocycles. The lowest BCUT2D eigenvalue weighted by Crippen LogP contribution is -2.30. The van der Waals surface area contributed by atoms with Crippen molar-refractivity contribution in [3.05, 3.63) is 45.6 Å². The predicted molar refractivity (Wildman–Crippen MR) is 141 cm³/mol. The quantitative estimate of drug-likeness (QED) is 0.274. The Hall–Kier alpha value is -2.98. The molecule has 0 atom stereocenters. The van der Waals surface area contributed by atoms with Crippen molar-refractivity contribution in [3.8, 4) is 0 Å². The van der Waals surface area contributed by atoms with Crippen LogP contribution < -0.4 is 21.3 Å². The topological polar surface area (TPSA) is 134 Å². The number of rotatable bonds is 15. The maximum absolute atomic E-state index is 12.3. The SMILES string of the molecule is Cc1nc(C)c(C(=O)NCCCNCCCCNCCCNC(=O)c2nc(C)c(C)nc2C)nc1C. The van der Waals surface area contributed by atoms with Crippen LogP contribution in [0.5, 0.6) is 0 Å². The van der Waals surface area contributed by atoms with Crippen LogP contribution in [0.1, 0.15) is 80.8 Å². The van der Waals surface area contributed by atoms with Crippen molar-refractivity contribution in [3.63, 3.8) is 0 Å². The summed E-state index contributed by atoms with van der Waals surface area (Å²) in [7, 11) is 0. The van der Waals surface area contributed by atoms with E-state index in [-0.39, 0.29) is 11.8 Å². The number of hydrogen-bond donors (Lipinski definition) is 4. The molecule has 0 aliphatic rings. The number of aryl methyl sites for hydroxylation is 6. The van der Waals surface area contributed by atoms with Gasteiger partial charge in [0.25, 0.3) is 11.8 Å². The molecular weight excluding hydrogens is 456 g/mol. The maximum Gasteiger partial charge on any atom is 0.271 e. The second-order valence-corrected chi connectivity index (χ2v) is 9.08. The van der Waals surface area contributed by atoms with Gasteiger partial charge >= 0.3 is 0 Å². The van der Waals surface area contributed by atoms with Gasteiger partial charge in [0.2, 0.25) is 0 Å². The number of nitrogens with zero attached hydrogens (tertiary/aromatic N) is 4. The lowest BCUT2D eigenvalue weighted by atomic mass is 10.2. The first-order valence-electron chi connectivity index (χ1n) is 12.8. The average molecular weight is 499 g/mol. The minimum Gasteiger partial charge on any atom is -0.351 e. The van der Waals surface area contributed by atoms with Crippen LogP contribution in [-0.4, -0.2) is 71.0 Å². The molecule has 10 nitrogen and oxygen atoms in total. The average Bonchev–Trinajstić information content (AvgIpc) is 2.83. The van der Waals surface area contributed by atoms with E-state index in [0.29, 0.717) is 35.9 Å². The fourth-order valence-electron chi connectivity index (χ4n) is 3.61. The van der Waals surface area contributed by atoms with Gasteiger partial charge in [-0.1, -0.05) is 0 Å². The van der Waals surface area contributed by atoms with Crippen molar-refractivity contribution in [2.75, 3.05) is 39.3 Å². The largest absolute Gasteiger partial charge is 0.351 e. The van der Waals surface area contributed by atoms with E-state index in [2.05, 4.69) is 41.2 Å². The van der Waals surface area contributed by atoms with Crippen molar-refractivity contribution in [1.29, 1.82) is 0 Å². The Balaban J connectivity index is 1.43. The molecule has 0 saturated carbocycles. The minimum absolute atomic E-state index is 0.164. The van der Waals surface area contributed by atoms with Crippen LogP contribution in [-0.2, 0) is 0 Å². The summed E-state index contributed by atoms with van der Waals surface area (Å²) >= 11 is 0. The van der Waals surface area contributed by atoms with Crippen LogP contribution in [0.25, 0.3) is 0 Å². The fourth-order valence-corrected chi connectivity index (χ4v) is 3.61. The van der Waals surface area contributed by atoms with E-state index >= 15 is 0 Å². The molecule has 0 aliphatic carbocycles. The number of hydrogen-bond acceptors (Lipinski definition) is 8. The Kier molecular flexibility index (Phi) is 12.4. The van der Waals surface area contributed by atoms with E-state index in [4.69, 9.17) is 0 Å². The first-order valence-corrected chi connectivity index (χ1v) is 12.8. The Bertz CT molecular complexity index is 944. The number of carbonyl (C=O) groups is 2. The lowest BCUT2D eigenvalue weighted by molar-refractivity contribution is 0.0938. The molecular formula is C26H42N8O2. The molecule has 0 fully saturated rings. The third kappa shape index (κ3) is 9.58. The highest BCUT2D eigenvalue weighted by atomic mass is 16.2. The zero-order chi connectivity index (χ0) is 26.5. The molecule has 0 saturated heterocycles. The molecule has 0 bridgehead atoms. The smallest absolute Gasteiger partial charge is 0.271 e. The summed E-state index contributed by atoms with van der Waals surface area (Å²) < 4.78 is 0. The van der Waals surface area contributed by atoms with Crippen molar-refractivity contribution < 1.29 is 9.59 Å². The van der Waals surface area contributed by atoms with Gasteiger partial charge in [-0.05, 0) is 93.4 Å². The molecule has 10 heteroatoms. The summed E-state index contributed by atoms with van der Waals surface area (Å²) in [5.74, 6) is -0.328. The molecule has 36 heavy (non-hydrogen) atoms. The zero-order valence-electron chi connectivity index (χ0n) is 22.7. The van der Waals surface area contributed by atoms with E-state index < -0.39 is 0 Å². The highest BCUT2D eigenvalue weighted by Crippen LogP contribution is 2.07. The van der Waals surface area contributed by atoms with Gasteiger partial charge in [-0.3, -0.25) is 19.6 Å². The monoisotopic (exact) mass is 498 g/mol. The van der Waals surface area contributed by atoms with Gasteiger partial charge in [-0.15, -0.1) is 0 Å². The summed E-state index contributed by atoms with van der Waals surface area (Å²) in [4.78, 5) is 42.1. The summed E-state index contributed by atoms with van der Waals surface area (Å²) in [6.07, 6.45) is 3.89. The van der Waals surface area contributed by atoms with E-state index in [1.807, 2.05) is 41.5 Å². The Labute approximate surface area is 214 Å². The summed E-state index contributed by atoms with van der Waals surface area (Å²) in [5, 5.41) is 12.7. The van der Waals surface area contributed by atoms with Crippen LogP contribution in [0, 0.1) is 41.5 Å². The van der Waals surface area contributed by atoms with E-state index in [1.54, 1.807) is 0 Å². The Morgan fingerprint density at radius 1 is 0.472 bits per heavy atom. The van der Waals surface area contributed by atoms with E-state index in [9.17, 15) is 9.59 Å². The summed E-state index contributed by atoms with van der Waals surface area (Å²) in [6.45, 7) is 16.0. The summed E-state index contributed by atoms with van der Waals surface area (Å²) in [5.41, 5.74) is 5.42. The van der Waals surface area contributed by atoms with Crippen LogP contribution >= 0.6 is 0 Å². The van der Waals surface area contributed by atoms with Gasteiger partial charge in [0.15, 0.2) is 0 Å². The standard InChI is InChI=1S/C26H42N8O2/c1-17-19(3)33-23(21(5)31-17)25(35)29-15-9-13-27-11-7-8-12-28-14-10-16-30-26(36)24-22(6)32-18(2)20(4)34-24/h27-28H,7-16H2,1-6H3,(H,29,35)(H,30,36). The van der Waals surface area contributed by atoms with E-state index in [1.165, 1.54) is 0 Å². The lowest BCUT2D eigenvalue weighted by Gasteiger charge is -2.10. The molecule has 2 aromatic heterocycles. The number of amides is 2. The van der Waals surface area contributed by atoms with Crippen molar-refractivity contribution in [2.24, 2.45) is 0 Å². The van der Waals surface area contributed by atoms with Gasteiger partial charge in [0.05, 0.1) is 34.2 Å². The second kappa shape index (κ2) is 15.2. The van der Waals surface area contributed by atoms with Gasteiger partial charge in [0.1, 0.15) is 11.4 Å². The Morgan fingerprint density at radius 2 is 0.806 bits per heavy atom. The maximum atomic E-state index is 12.3. The minimum atomic E-state index is -0.164. The number of carbonyl (C=O) groups excluding carboxylic acids is 2. The molecule has 0 spiro atoms. The van der Waals surface area contributed by atoms with Gasteiger partial charge < -0.3 is 21.3 Å². The normalized spacial score (nSPS) is 10.9. The number of nitrogens with one attached hydrogen (secondary N) is 4. The van der Waals surface area contributed by atoms with Crippen LogP contribution in [0.2, 0.25) is 0 Å². The van der Waals surface area contributed by atoms with Gasteiger partial charge in [-0.2, -0.15) is 0 Å². The van der Waals surface area contributed by atoms with Crippen LogP contribution in [0.4, 0.5) is 0 Å². The second-order valence-electron chi connectivity index (χ2n) is 9.08. The molecule has 198 valence electrons. The first-order chi connectivity index (χ1) is 17.2.